The zero-order chi connectivity index (χ0) is 14.8. The lowest BCUT2D eigenvalue weighted by Crippen LogP contribution is -2.36. The molecule has 0 aliphatic rings. The van der Waals surface area contributed by atoms with Gasteiger partial charge in [0.25, 0.3) is 0 Å². The molecule has 0 aliphatic carbocycles. The normalized spacial score (nSPS) is 13.4. The first kappa shape index (κ1) is 14.9. The summed E-state index contributed by atoms with van der Waals surface area (Å²) in [7, 11) is 0. The highest BCUT2D eigenvalue weighted by molar-refractivity contribution is 6.35. The van der Waals surface area contributed by atoms with Crippen molar-refractivity contribution in [2.45, 2.75) is 18.7 Å². The second-order valence-electron chi connectivity index (χ2n) is 4.32. The fourth-order valence-electron chi connectivity index (χ4n) is 1.93. The summed E-state index contributed by atoms with van der Waals surface area (Å²) in [6, 6.07) is 9.85. The number of halogens is 4. The van der Waals surface area contributed by atoms with Crippen molar-refractivity contribution in [2.24, 2.45) is 5.73 Å². The van der Waals surface area contributed by atoms with Gasteiger partial charge < -0.3 is 10.5 Å². The second kappa shape index (κ2) is 5.89. The molecule has 2 N–H and O–H groups in total. The minimum Gasteiger partial charge on any atom is -0.480 e. The van der Waals surface area contributed by atoms with E-state index in [0.29, 0.717) is 15.8 Å². The molecule has 0 fully saturated rings. The zero-order valence-electron chi connectivity index (χ0n) is 10.5. The monoisotopic (exact) mass is 303 g/mol. The maximum atomic E-state index is 12.9. The van der Waals surface area contributed by atoms with E-state index in [0.717, 1.165) is 0 Å². The van der Waals surface area contributed by atoms with E-state index in [9.17, 15) is 13.2 Å². The van der Waals surface area contributed by atoms with Gasteiger partial charge in [-0.1, -0.05) is 35.9 Å². The van der Waals surface area contributed by atoms with Crippen LogP contribution in [0.2, 0.25) is 5.02 Å². The molecular weight excluding hydrogens is 291 g/mol. The molecule has 0 bridgehead atoms. The summed E-state index contributed by atoms with van der Waals surface area (Å²) < 4.78 is 43.7. The number of ether oxygens (including phenoxy) is 1. The molecule has 2 rings (SSSR count). The van der Waals surface area contributed by atoms with Gasteiger partial charge in [-0.05, 0) is 18.7 Å². The third-order valence-corrected chi connectivity index (χ3v) is 3.22. The van der Waals surface area contributed by atoms with Crippen molar-refractivity contribution in [3.8, 4) is 5.75 Å². The second-order valence-corrected chi connectivity index (χ2v) is 4.72. The molecule has 6 heteroatoms. The summed E-state index contributed by atoms with van der Waals surface area (Å²) in [5.74, 6) is 0.153. The standard InChI is InChI=1S/C14H13ClF3NO/c15-11-5-6-12(10-4-2-1-3-9(10)11)20-13(7-8-19)14(16,17)18/h1-6,13H,7-8,19H2. The molecule has 1 unspecified atom stereocenters. The highest BCUT2D eigenvalue weighted by Crippen LogP contribution is 2.34. The minimum atomic E-state index is -4.46. The summed E-state index contributed by atoms with van der Waals surface area (Å²) in [4.78, 5) is 0. The predicted molar refractivity (Wildman–Crippen MR) is 73.1 cm³/mol. The van der Waals surface area contributed by atoms with Gasteiger partial charge in [0.1, 0.15) is 5.75 Å². The van der Waals surface area contributed by atoms with Crippen molar-refractivity contribution in [1.29, 1.82) is 0 Å². The zero-order valence-corrected chi connectivity index (χ0v) is 11.2. The van der Waals surface area contributed by atoms with Gasteiger partial charge in [0.05, 0.1) is 0 Å². The average Bonchev–Trinajstić information content (AvgIpc) is 2.40. The van der Waals surface area contributed by atoms with Gasteiger partial charge in [-0.2, -0.15) is 13.2 Å². The Morgan fingerprint density at radius 3 is 2.35 bits per heavy atom. The third-order valence-electron chi connectivity index (χ3n) is 2.89. The lowest BCUT2D eigenvalue weighted by molar-refractivity contribution is -0.195. The fraction of sp³-hybridized carbons (Fsp3) is 0.286. The molecule has 2 nitrogen and oxygen atoms in total. The van der Waals surface area contributed by atoms with Crippen LogP contribution in [0.5, 0.6) is 5.75 Å². The molecule has 2 aromatic rings. The fourth-order valence-corrected chi connectivity index (χ4v) is 2.16. The van der Waals surface area contributed by atoms with E-state index in [4.69, 9.17) is 22.1 Å². The lowest BCUT2D eigenvalue weighted by Gasteiger charge is -2.22. The van der Waals surface area contributed by atoms with Crippen LogP contribution < -0.4 is 10.5 Å². The molecule has 0 saturated heterocycles. The van der Waals surface area contributed by atoms with Gasteiger partial charge in [0, 0.05) is 22.2 Å². The number of rotatable bonds is 4. The molecule has 108 valence electrons. The first-order valence-electron chi connectivity index (χ1n) is 6.04. The van der Waals surface area contributed by atoms with Crippen LogP contribution in [0.1, 0.15) is 6.42 Å². The van der Waals surface area contributed by atoms with Gasteiger partial charge >= 0.3 is 6.18 Å². The first-order valence-corrected chi connectivity index (χ1v) is 6.42. The summed E-state index contributed by atoms with van der Waals surface area (Å²) in [5.41, 5.74) is 5.22. The molecule has 0 aromatic heterocycles. The quantitative estimate of drug-likeness (QED) is 0.921. The Balaban J connectivity index is 2.40. The van der Waals surface area contributed by atoms with Crippen LogP contribution in [0, 0.1) is 0 Å². The molecule has 0 heterocycles. The van der Waals surface area contributed by atoms with E-state index < -0.39 is 12.3 Å². The van der Waals surface area contributed by atoms with E-state index in [2.05, 4.69) is 0 Å². The highest BCUT2D eigenvalue weighted by Gasteiger charge is 2.41. The van der Waals surface area contributed by atoms with Crippen LogP contribution in [0.4, 0.5) is 13.2 Å². The van der Waals surface area contributed by atoms with Gasteiger partial charge in [-0.3, -0.25) is 0 Å². The molecule has 20 heavy (non-hydrogen) atoms. The minimum absolute atomic E-state index is 0.101. The summed E-state index contributed by atoms with van der Waals surface area (Å²) in [6.45, 7) is -0.101. The SMILES string of the molecule is NCCC(Oc1ccc(Cl)c2ccccc12)C(F)(F)F. The van der Waals surface area contributed by atoms with E-state index in [1.807, 2.05) is 0 Å². The number of fused-ring (bicyclic) bond motifs is 1. The van der Waals surface area contributed by atoms with Crippen molar-refractivity contribution >= 4 is 22.4 Å². The average molecular weight is 304 g/mol. The van der Waals surface area contributed by atoms with Gasteiger partial charge in [-0.15, -0.1) is 0 Å². The first-order chi connectivity index (χ1) is 9.43. The highest BCUT2D eigenvalue weighted by atomic mass is 35.5. The van der Waals surface area contributed by atoms with Crippen LogP contribution in [-0.2, 0) is 0 Å². The summed E-state index contributed by atoms with van der Waals surface area (Å²) in [6.07, 6.45) is -6.67. The van der Waals surface area contributed by atoms with Crippen LogP contribution in [0.25, 0.3) is 10.8 Å². The van der Waals surface area contributed by atoms with Crippen LogP contribution in [0.3, 0.4) is 0 Å². The van der Waals surface area contributed by atoms with Crippen molar-refractivity contribution in [3.05, 3.63) is 41.4 Å². The maximum absolute atomic E-state index is 12.9. The Kier molecular flexibility index (Phi) is 4.40. The number of hydrogen-bond acceptors (Lipinski definition) is 2. The molecule has 0 saturated carbocycles. The molecule has 1 atom stereocenters. The van der Waals surface area contributed by atoms with E-state index in [1.165, 1.54) is 12.1 Å². The Morgan fingerprint density at radius 2 is 1.75 bits per heavy atom. The Hall–Kier alpha value is -1.46. The van der Waals surface area contributed by atoms with Crippen molar-refractivity contribution in [3.63, 3.8) is 0 Å². The smallest absolute Gasteiger partial charge is 0.425 e. The predicted octanol–water partition coefficient (Wildman–Crippen LogP) is 4.15. The lowest BCUT2D eigenvalue weighted by atomic mass is 10.1. The van der Waals surface area contributed by atoms with Crippen molar-refractivity contribution in [2.75, 3.05) is 6.54 Å². The molecular formula is C14H13ClF3NO. The topological polar surface area (TPSA) is 35.2 Å². The van der Waals surface area contributed by atoms with Gasteiger partial charge in [0.15, 0.2) is 6.10 Å². The number of nitrogens with two attached hydrogens (primary N) is 1. The Bertz CT molecular complexity index is 600. The molecule has 0 aliphatic heterocycles. The largest absolute Gasteiger partial charge is 0.480 e. The molecule has 0 radical (unpaired) electrons. The molecule has 0 amide bonds. The number of benzene rings is 2. The Labute approximate surface area is 119 Å². The molecule has 0 spiro atoms. The summed E-state index contributed by atoms with van der Waals surface area (Å²) in [5, 5.41) is 1.67. The van der Waals surface area contributed by atoms with Gasteiger partial charge in [0.2, 0.25) is 0 Å². The molecule has 2 aromatic carbocycles. The number of hydrogen-bond donors (Lipinski definition) is 1. The van der Waals surface area contributed by atoms with Crippen molar-refractivity contribution in [1.82, 2.24) is 0 Å². The van der Waals surface area contributed by atoms with Crippen LogP contribution in [-0.4, -0.2) is 18.8 Å². The van der Waals surface area contributed by atoms with Crippen LogP contribution >= 0.6 is 11.6 Å². The summed E-state index contributed by atoms with van der Waals surface area (Å²) >= 11 is 6.02. The Morgan fingerprint density at radius 1 is 1.10 bits per heavy atom. The maximum Gasteiger partial charge on any atom is 0.425 e. The number of alkyl halides is 3. The van der Waals surface area contributed by atoms with E-state index in [-0.39, 0.29) is 18.7 Å². The van der Waals surface area contributed by atoms with Crippen molar-refractivity contribution < 1.29 is 17.9 Å². The third kappa shape index (κ3) is 3.16. The van der Waals surface area contributed by atoms with Gasteiger partial charge in [-0.25, -0.2) is 0 Å². The van der Waals surface area contributed by atoms with E-state index in [1.54, 1.807) is 24.3 Å². The van der Waals surface area contributed by atoms with E-state index >= 15 is 0 Å². The van der Waals surface area contributed by atoms with Crippen LogP contribution in [0.15, 0.2) is 36.4 Å².